The lowest BCUT2D eigenvalue weighted by atomic mass is 9.79. The molecular weight excluding hydrogens is 234 g/mol. The van der Waals surface area contributed by atoms with Crippen LogP contribution >= 0.6 is 23.2 Å². The molecule has 1 fully saturated rings. The van der Waals surface area contributed by atoms with Gasteiger partial charge in [0.25, 0.3) is 0 Å². The van der Waals surface area contributed by atoms with Crippen LogP contribution in [0.2, 0.25) is 0 Å². The molecule has 0 bridgehead atoms. The molecule has 1 aliphatic heterocycles. The Morgan fingerprint density at radius 1 is 1.13 bits per heavy atom. The van der Waals surface area contributed by atoms with Crippen molar-refractivity contribution in [2.45, 2.75) is 38.9 Å². The van der Waals surface area contributed by atoms with Gasteiger partial charge in [-0.1, -0.05) is 6.08 Å². The maximum atomic E-state index is 5.84. The lowest BCUT2D eigenvalue weighted by Crippen LogP contribution is -2.41. The van der Waals surface area contributed by atoms with Crippen molar-refractivity contribution in [3.8, 4) is 0 Å². The fourth-order valence-corrected chi connectivity index (χ4v) is 1.74. The SMILES string of the molecule is CC1(C)OB(/C(=C/CCl)CCl)OC1(C)C. The number of halogens is 2. The largest absolute Gasteiger partial charge is 0.491 e. The Kier molecular flexibility index (Phi) is 4.16. The van der Waals surface area contributed by atoms with Gasteiger partial charge in [0.1, 0.15) is 0 Å². The predicted molar refractivity (Wildman–Crippen MR) is 65.6 cm³/mol. The number of hydrogen-bond acceptors (Lipinski definition) is 2. The summed E-state index contributed by atoms with van der Waals surface area (Å²) in [5.74, 6) is 0.801. The van der Waals surface area contributed by atoms with Crippen molar-refractivity contribution in [2.75, 3.05) is 11.8 Å². The molecular formula is C10H17BCl2O2. The Morgan fingerprint density at radius 3 is 1.93 bits per heavy atom. The molecule has 0 aromatic carbocycles. The van der Waals surface area contributed by atoms with Gasteiger partial charge >= 0.3 is 7.12 Å². The van der Waals surface area contributed by atoms with Crippen molar-refractivity contribution in [1.82, 2.24) is 0 Å². The summed E-state index contributed by atoms with van der Waals surface area (Å²) >= 11 is 11.5. The summed E-state index contributed by atoms with van der Waals surface area (Å²) in [5.41, 5.74) is 0.245. The van der Waals surface area contributed by atoms with E-state index < -0.39 is 0 Å². The molecule has 2 nitrogen and oxygen atoms in total. The molecule has 1 saturated heterocycles. The van der Waals surface area contributed by atoms with Crippen LogP contribution < -0.4 is 0 Å². The van der Waals surface area contributed by atoms with Crippen LogP contribution in [0.25, 0.3) is 0 Å². The topological polar surface area (TPSA) is 18.5 Å². The Morgan fingerprint density at radius 2 is 1.60 bits per heavy atom. The zero-order valence-electron chi connectivity index (χ0n) is 9.64. The molecule has 1 rings (SSSR count). The van der Waals surface area contributed by atoms with Gasteiger partial charge in [-0.2, -0.15) is 0 Å². The van der Waals surface area contributed by atoms with Gasteiger partial charge in [-0.25, -0.2) is 0 Å². The lowest BCUT2D eigenvalue weighted by Gasteiger charge is -2.32. The van der Waals surface area contributed by atoms with Crippen LogP contribution in [0.4, 0.5) is 0 Å². The molecule has 0 atom stereocenters. The van der Waals surface area contributed by atoms with Crippen LogP contribution in [0, 0.1) is 0 Å². The number of alkyl halides is 2. The molecule has 15 heavy (non-hydrogen) atoms. The second-order valence-corrected chi connectivity index (χ2v) is 5.23. The minimum Gasteiger partial charge on any atom is -0.400 e. The first kappa shape index (κ1) is 13.4. The fraction of sp³-hybridized carbons (Fsp3) is 0.800. The van der Waals surface area contributed by atoms with Crippen LogP contribution in [0.5, 0.6) is 0 Å². The first-order valence-electron chi connectivity index (χ1n) is 5.00. The van der Waals surface area contributed by atoms with Crippen molar-refractivity contribution in [3.63, 3.8) is 0 Å². The average Bonchev–Trinajstić information content (AvgIpc) is 2.32. The van der Waals surface area contributed by atoms with Gasteiger partial charge in [-0.15, -0.1) is 23.2 Å². The van der Waals surface area contributed by atoms with E-state index in [2.05, 4.69) is 0 Å². The van der Waals surface area contributed by atoms with Gasteiger partial charge in [0.05, 0.1) is 11.2 Å². The van der Waals surface area contributed by atoms with E-state index in [9.17, 15) is 0 Å². The number of hydrogen-bond donors (Lipinski definition) is 0. The molecule has 0 aromatic heterocycles. The third-order valence-electron chi connectivity index (χ3n) is 3.05. The van der Waals surface area contributed by atoms with E-state index in [1.54, 1.807) is 0 Å². The van der Waals surface area contributed by atoms with E-state index in [0.717, 1.165) is 5.47 Å². The maximum absolute atomic E-state index is 5.84. The van der Waals surface area contributed by atoms with Crippen molar-refractivity contribution in [1.29, 1.82) is 0 Å². The molecule has 1 aliphatic rings. The van der Waals surface area contributed by atoms with E-state index in [0.29, 0.717) is 11.8 Å². The van der Waals surface area contributed by atoms with Crippen LogP contribution in [-0.2, 0) is 9.31 Å². The van der Waals surface area contributed by atoms with Crippen LogP contribution in [0.15, 0.2) is 11.5 Å². The molecule has 86 valence electrons. The summed E-state index contributed by atoms with van der Waals surface area (Å²) in [6.45, 7) is 8.05. The molecule has 1 heterocycles. The fourth-order valence-electron chi connectivity index (χ4n) is 1.31. The minimum atomic E-state index is -0.369. The van der Waals surface area contributed by atoms with Crippen molar-refractivity contribution in [3.05, 3.63) is 11.5 Å². The Hall–Kier alpha value is 0.305. The molecule has 0 N–H and O–H groups in total. The highest BCUT2D eigenvalue weighted by Crippen LogP contribution is 2.38. The van der Waals surface area contributed by atoms with Crippen molar-refractivity contribution in [2.24, 2.45) is 0 Å². The van der Waals surface area contributed by atoms with Crippen molar-refractivity contribution >= 4 is 30.3 Å². The van der Waals surface area contributed by atoms with Gasteiger partial charge in [-0.05, 0) is 33.2 Å². The average molecular weight is 251 g/mol. The first-order chi connectivity index (χ1) is 6.84. The molecule has 0 radical (unpaired) electrons. The monoisotopic (exact) mass is 250 g/mol. The highest BCUT2D eigenvalue weighted by molar-refractivity contribution is 6.56. The van der Waals surface area contributed by atoms with Gasteiger partial charge in [-0.3, -0.25) is 0 Å². The molecule has 5 heteroatoms. The Bertz CT molecular complexity index is 248. The van der Waals surface area contributed by atoms with Gasteiger partial charge in [0, 0.05) is 11.8 Å². The van der Waals surface area contributed by atoms with Crippen LogP contribution in [0.1, 0.15) is 27.7 Å². The number of rotatable bonds is 3. The minimum absolute atomic E-state index is 0.324. The Labute approximate surface area is 102 Å². The quantitative estimate of drug-likeness (QED) is 0.567. The second-order valence-electron chi connectivity index (χ2n) is 4.66. The third-order valence-corrected chi connectivity index (χ3v) is 3.51. The molecule has 0 aliphatic carbocycles. The van der Waals surface area contributed by atoms with E-state index in [-0.39, 0.29) is 18.3 Å². The van der Waals surface area contributed by atoms with E-state index in [4.69, 9.17) is 32.5 Å². The zero-order chi connectivity index (χ0) is 11.7. The normalized spacial score (nSPS) is 24.7. The maximum Gasteiger partial charge on any atom is 0.491 e. The standard InChI is InChI=1S/C10H17BCl2O2/c1-9(2)10(3,4)15-11(14-9)8(7-13)5-6-12/h5H,6-7H2,1-4H3/b8-5+. The van der Waals surface area contributed by atoms with Gasteiger partial charge in [0.15, 0.2) is 0 Å². The predicted octanol–water partition coefficient (Wildman–Crippen LogP) is 3.02. The summed E-state index contributed by atoms with van der Waals surface area (Å²) in [4.78, 5) is 0. The third kappa shape index (κ3) is 2.70. The molecule has 0 saturated carbocycles. The summed E-state index contributed by atoms with van der Waals surface area (Å²) < 4.78 is 11.7. The smallest absolute Gasteiger partial charge is 0.400 e. The molecule has 0 unspecified atom stereocenters. The Balaban J connectivity index is 2.82. The number of allylic oxidation sites excluding steroid dienone is 2. The van der Waals surface area contributed by atoms with Crippen LogP contribution in [0.3, 0.4) is 0 Å². The molecule has 0 spiro atoms. The van der Waals surface area contributed by atoms with Crippen LogP contribution in [-0.4, -0.2) is 30.1 Å². The summed E-state index contributed by atoms with van der Waals surface area (Å²) in [7, 11) is -0.369. The molecule has 0 amide bonds. The van der Waals surface area contributed by atoms with E-state index >= 15 is 0 Å². The van der Waals surface area contributed by atoms with Crippen molar-refractivity contribution < 1.29 is 9.31 Å². The zero-order valence-corrected chi connectivity index (χ0v) is 11.2. The highest BCUT2D eigenvalue weighted by Gasteiger charge is 2.52. The van der Waals surface area contributed by atoms with E-state index in [1.165, 1.54) is 0 Å². The molecule has 0 aromatic rings. The second kappa shape index (κ2) is 4.66. The lowest BCUT2D eigenvalue weighted by molar-refractivity contribution is 0.00578. The summed E-state index contributed by atoms with van der Waals surface area (Å²) in [6, 6.07) is 0. The van der Waals surface area contributed by atoms with Gasteiger partial charge in [0.2, 0.25) is 0 Å². The van der Waals surface area contributed by atoms with Gasteiger partial charge < -0.3 is 9.31 Å². The summed E-state index contributed by atoms with van der Waals surface area (Å²) in [6.07, 6.45) is 1.84. The van der Waals surface area contributed by atoms with E-state index in [1.807, 2.05) is 33.8 Å². The first-order valence-corrected chi connectivity index (χ1v) is 6.07. The summed E-state index contributed by atoms with van der Waals surface area (Å²) in [5, 5.41) is 0. The highest BCUT2D eigenvalue weighted by atomic mass is 35.5.